The molecule has 30 heavy (non-hydrogen) atoms. The number of amides is 1. The lowest BCUT2D eigenvalue weighted by molar-refractivity contribution is 0.102. The summed E-state index contributed by atoms with van der Waals surface area (Å²) in [6.07, 6.45) is 5.37. The molecule has 6 nitrogen and oxygen atoms in total. The predicted octanol–water partition coefficient (Wildman–Crippen LogP) is 4.94. The number of aromatic nitrogens is 1. The van der Waals surface area contributed by atoms with Crippen LogP contribution in [0.25, 0.3) is 0 Å². The molecule has 0 radical (unpaired) electrons. The molecule has 1 amide bonds. The molecule has 0 spiro atoms. The third kappa shape index (κ3) is 4.76. The number of carbonyl (C=O) groups is 1. The van der Waals surface area contributed by atoms with Gasteiger partial charge in [-0.05, 0) is 73.9 Å². The minimum absolute atomic E-state index is 0.268. The number of hydrogen-bond acceptors (Lipinski definition) is 5. The zero-order chi connectivity index (χ0) is 20.8. The number of benzene rings is 2. The first-order chi connectivity index (χ1) is 14.7. The SMILES string of the molecule is N#Cc1cccc(NC(=O)c2ccc(Nc3ccc(N4CCCCC4)cc3)nc2)c1. The molecule has 1 fully saturated rings. The topological polar surface area (TPSA) is 81.0 Å². The highest BCUT2D eigenvalue weighted by molar-refractivity contribution is 6.04. The van der Waals surface area contributed by atoms with E-state index in [9.17, 15) is 4.79 Å². The van der Waals surface area contributed by atoms with Crippen LogP contribution in [0.15, 0.2) is 66.9 Å². The number of nitrogens with one attached hydrogen (secondary N) is 2. The van der Waals surface area contributed by atoms with E-state index in [0.717, 1.165) is 18.8 Å². The van der Waals surface area contributed by atoms with E-state index >= 15 is 0 Å². The van der Waals surface area contributed by atoms with E-state index in [1.165, 1.54) is 31.1 Å². The minimum atomic E-state index is -0.268. The lowest BCUT2D eigenvalue weighted by atomic mass is 10.1. The smallest absolute Gasteiger partial charge is 0.257 e. The van der Waals surface area contributed by atoms with E-state index in [2.05, 4.69) is 50.9 Å². The molecule has 0 atom stereocenters. The standard InChI is InChI=1S/C24H23N5O/c25-16-18-5-4-6-21(15-18)28-24(30)19-7-12-23(26-17-19)27-20-8-10-22(11-9-20)29-13-2-1-3-14-29/h4-12,15,17H,1-3,13-14H2,(H,26,27)(H,28,30). The maximum absolute atomic E-state index is 12.4. The summed E-state index contributed by atoms with van der Waals surface area (Å²) < 4.78 is 0. The maximum atomic E-state index is 12.4. The normalized spacial score (nSPS) is 13.4. The van der Waals surface area contributed by atoms with Gasteiger partial charge >= 0.3 is 0 Å². The van der Waals surface area contributed by atoms with Gasteiger partial charge in [-0.25, -0.2) is 4.98 Å². The van der Waals surface area contributed by atoms with Gasteiger partial charge in [0.05, 0.1) is 17.2 Å². The average molecular weight is 397 g/mol. The van der Waals surface area contributed by atoms with Crippen LogP contribution in [-0.4, -0.2) is 24.0 Å². The molecule has 3 aromatic rings. The van der Waals surface area contributed by atoms with Crippen molar-refractivity contribution in [1.29, 1.82) is 5.26 Å². The number of piperidine rings is 1. The summed E-state index contributed by atoms with van der Waals surface area (Å²) >= 11 is 0. The van der Waals surface area contributed by atoms with Gasteiger partial charge in [0.2, 0.25) is 0 Å². The first kappa shape index (κ1) is 19.5. The van der Waals surface area contributed by atoms with Crippen LogP contribution in [-0.2, 0) is 0 Å². The van der Waals surface area contributed by atoms with Gasteiger partial charge in [-0.3, -0.25) is 4.79 Å². The molecular formula is C24H23N5O. The van der Waals surface area contributed by atoms with Crippen molar-refractivity contribution in [2.24, 2.45) is 0 Å². The summed E-state index contributed by atoms with van der Waals surface area (Å²) in [6.45, 7) is 2.25. The molecule has 1 aliphatic heterocycles. The van der Waals surface area contributed by atoms with Crippen molar-refractivity contribution in [3.63, 3.8) is 0 Å². The lowest BCUT2D eigenvalue weighted by Crippen LogP contribution is -2.29. The molecule has 1 aliphatic rings. The number of pyridine rings is 1. The second-order valence-corrected chi connectivity index (χ2v) is 7.30. The molecule has 2 N–H and O–H groups in total. The van der Waals surface area contributed by atoms with Crippen LogP contribution in [0.2, 0.25) is 0 Å². The Balaban J connectivity index is 1.37. The van der Waals surface area contributed by atoms with E-state index in [1.807, 2.05) is 0 Å². The number of anilines is 4. The zero-order valence-electron chi connectivity index (χ0n) is 16.6. The molecule has 6 heteroatoms. The third-order valence-corrected chi connectivity index (χ3v) is 5.14. The van der Waals surface area contributed by atoms with Crippen LogP contribution >= 0.6 is 0 Å². The number of nitriles is 1. The quantitative estimate of drug-likeness (QED) is 0.637. The van der Waals surface area contributed by atoms with Crippen LogP contribution in [0.1, 0.15) is 35.2 Å². The van der Waals surface area contributed by atoms with E-state index in [0.29, 0.717) is 22.6 Å². The third-order valence-electron chi connectivity index (χ3n) is 5.14. The summed E-state index contributed by atoms with van der Waals surface area (Å²) in [5.41, 5.74) is 3.73. The second-order valence-electron chi connectivity index (χ2n) is 7.30. The highest BCUT2D eigenvalue weighted by Gasteiger charge is 2.11. The summed E-state index contributed by atoms with van der Waals surface area (Å²) in [4.78, 5) is 19.2. The van der Waals surface area contributed by atoms with Crippen molar-refractivity contribution in [2.45, 2.75) is 19.3 Å². The molecule has 2 heterocycles. The number of nitrogens with zero attached hydrogens (tertiary/aromatic N) is 3. The molecular weight excluding hydrogens is 374 g/mol. The van der Waals surface area contributed by atoms with Crippen LogP contribution in [0, 0.1) is 11.3 Å². The monoisotopic (exact) mass is 397 g/mol. The van der Waals surface area contributed by atoms with E-state index in [1.54, 1.807) is 36.4 Å². The fraction of sp³-hybridized carbons (Fsp3) is 0.208. The van der Waals surface area contributed by atoms with Gasteiger partial charge in [0, 0.05) is 36.3 Å². The summed E-state index contributed by atoms with van der Waals surface area (Å²) in [5, 5.41) is 15.0. The fourth-order valence-electron chi connectivity index (χ4n) is 3.53. The Morgan fingerprint density at radius 3 is 2.47 bits per heavy atom. The van der Waals surface area contributed by atoms with Crippen molar-refractivity contribution in [3.8, 4) is 6.07 Å². The Hall–Kier alpha value is -3.85. The first-order valence-electron chi connectivity index (χ1n) is 10.1. The highest BCUT2D eigenvalue weighted by Crippen LogP contribution is 2.23. The van der Waals surface area contributed by atoms with Gasteiger partial charge in [0.25, 0.3) is 5.91 Å². The molecule has 0 aliphatic carbocycles. The Bertz CT molecular complexity index is 1050. The first-order valence-corrected chi connectivity index (χ1v) is 10.1. The predicted molar refractivity (Wildman–Crippen MR) is 119 cm³/mol. The molecule has 0 bridgehead atoms. The molecule has 150 valence electrons. The van der Waals surface area contributed by atoms with Crippen molar-refractivity contribution in [3.05, 3.63) is 78.0 Å². The molecule has 0 saturated carbocycles. The zero-order valence-corrected chi connectivity index (χ0v) is 16.6. The summed E-state index contributed by atoms with van der Waals surface area (Å²) in [7, 11) is 0. The van der Waals surface area contributed by atoms with Gasteiger partial charge in [-0.2, -0.15) is 5.26 Å². The molecule has 2 aromatic carbocycles. The van der Waals surface area contributed by atoms with Crippen molar-refractivity contribution in [2.75, 3.05) is 28.6 Å². The summed E-state index contributed by atoms with van der Waals surface area (Å²) in [6, 6.07) is 20.7. The number of hydrogen-bond donors (Lipinski definition) is 2. The van der Waals surface area contributed by atoms with Gasteiger partial charge < -0.3 is 15.5 Å². The second kappa shape index (κ2) is 9.10. The minimum Gasteiger partial charge on any atom is -0.372 e. The molecule has 1 aromatic heterocycles. The largest absolute Gasteiger partial charge is 0.372 e. The van der Waals surface area contributed by atoms with Crippen molar-refractivity contribution >= 4 is 28.8 Å². The van der Waals surface area contributed by atoms with Gasteiger partial charge in [-0.1, -0.05) is 6.07 Å². The highest BCUT2D eigenvalue weighted by atomic mass is 16.1. The Morgan fingerprint density at radius 2 is 1.77 bits per heavy atom. The van der Waals surface area contributed by atoms with E-state index in [-0.39, 0.29) is 5.91 Å². The van der Waals surface area contributed by atoms with Gasteiger partial charge in [0.15, 0.2) is 0 Å². The van der Waals surface area contributed by atoms with Crippen LogP contribution in [0.5, 0.6) is 0 Å². The number of rotatable bonds is 5. The van der Waals surface area contributed by atoms with Crippen LogP contribution in [0.3, 0.4) is 0 Å². The van der Waals surface area contributed by atoms with Crippen LogP contribution in [0.4, 0.5) is 22.9 Å². The maximum Gasteiger partial charge on any atom is 0.257 e. The fourth-order valence-corrected chi connectivity index (χ4v) is 3.53. The van der Waals surface area contributed by atoms with Crippen LogP contribution < -0.4 is 15.5 Å². The van der Waals surface area contributed by atoms with E-state index < -0.39 is 0 Å². The Morgan fingerprint density at radius 1 is 0.967 bits per heavy atom. The van der Waals surface area contributed by atoms with Gasteiger partial charge in [-0.15, -0.1) is 0 Å². The van der Waals surface area contributed by atoms with Gasteiger partial charge in [0.1, 0.15) is 5.82 Å². The van der Waals surface area contributed by atoms with E-state index in [4.69, 9.17) is 5.26 Å². The Kier molecular flexibility index (Phi) is 5.90. The molecule has 4 rings (SSSR count). The summed E-state index contributed by atoms with van der Waals surface area (Å²) in [5.74, 6) is 0.402. The molecule has 0 unspecified atom stereocenters. The molecule has 1 saturated heterocycles. The average Bonchev–Trinajstić information content (AvgIpc) is 2.81. The lowest BCUT2D eigenvalue weighted by Gasteiger charge is -2.28. The van der Waals surface area contributed by atoms with Crippen molar-refractivity contribution in [1.82, 2.24) is 4.98 Å². The Labute approximate surface area is 176 Å². The van der Waals surface area contributed by atoms with Crippen molar-refractivity contribution < 1.29 is 4.79 Å². The number of carbonyl (C=O) groups excluding carboxylic acids is 1.